The topological polar surface area (TPSA) is 88.9 Å². The molecule has 1 aromatic rings. The van der Waals surface area contributed by atoms with Crippen LogP contribution in [0.15, 0.2) is 18.2 Å². The maximum absolute atomic E-state index is 13.2. The molecule has 2 aliphatic heterocycles. The number of piperidine rings is 1. The molecule has 2 saturated heterocycles. The molecule has 2 bridgehead atoms. The zero-order valence-corrected chi connectivity index (χ0v) is 16.7. The Morgan fingerprint density at radius 2 is 1.86 bits per heavy atom. The Morgan fingerprint density at radius 3 is 2.39 bits per heavy atom. The second kappa shape index (κ2) is 7.80. The molecular formula is C21H26N2O5. The Bertz CT molecular complexity index is 794. The van der Waals surface area contributed by atoms with E-state index in [0.29, 0.717) is 42.9 Å². The number of hydrogen-bond donors (Lipinski definition) is 0. The van der Waals surface area contributed by atoms with Gasteiger partial charge in [-0.1, -0.05) is 0 Å². The monoisotopic (exact) mass is 386 g/mol. The van der Waals surface area contributed by atoms with E-state index in [2.05, 4.69) is 6.07 Å². The van der Waals surface area contributed by atoms with Crippen molar-refractivity contribution < 1.29 is 23.8 Å². The SMILES string of the molecule is COc1ccc(C#N)c(C(=O)C2CC3COCC(C2)N3C(=O)OC(C)(C)C)c1. The summed E-state index contributed by atoms with van der Waals surface area (Å²) in [6, 6.07) is 6.54. The minimum atomic E-state index is -0.582. The first-order valence-electron chi connectivity index (χ1n) is 9.45. The van der Waals surface area contributed by atoms with Crippen LogP contribution in [0.2, 0.25) is 0 Å². The van der Waals surface area contributed by atoms with Crippen LogP contribution in [0.4, 0.5) is 4.79 Å². The van der Waals surface area contributed by atoms with Gasteiger partial charge in [-0.25, -0.2) is 4.79 Å². The molecule has 0 spiro atoms. The molecule has 2 atom stereocenters. The number of nitrogens with zero attached hydrogens (tertiary/aromatic N) is 2. The second-order valence-electron chi connectivity index (χ2n) is 8.29. The number of hydrogen-bond acceptors (Lipinski definition) is 6. The summed E-state index contributed by atoms with van der Waals surface area (Å²) in [6.45, 7) is 6.25. The van der Waals surface area contributed by atoms with Crippen molar-refractivity contribution in [1.29, 1.82) is 5.26 Å². The number of carbonyl (C=O) groups excluding carboxylic acids is 2. The van der Waals surface area contributed by atoms with Crippen LogP contribution in [0.25, 0.3) is 0 Å². The molecule has 1 amide bonds. The summed E-state index contributed by atoms with van der Waals surface area (Å²) in [5, 5.41) is 9.38. The van der Waals surface area contributed by atoms with Crippen LogP contribution in [0.5, 0.6) is 5.75 Å². The molecule has 2 heterocycles. The quantitative estimate of drug-likeness (QED) is 0.742. The third-order valence-corrected chi connectivity index (χ3v) is 5.11. The van der Waals surface area contributed by atoms with Crippen molar-refractivity contribution in [1.82, 2.24) is 4.90 Å². The van der Waals surface area contributed by atoms with Crippen LogP contribution in [0.3, 0.4) is 0 Å². The standard InChI is InChI=1S/C21H26N2O5/c1-21(2,3)28-20(25)23-15-7-14(8-16(23)12-27-11-15)19(24)18-9-17(26-4)6-5-13(18)10-22/h5-6,9,14-16H,7-8,11-12H2,1-4H3. The van der Waals surface area contributed by atoms with Crippen molar-refractivity contribution >= 4 is 11.9 Å². The average molecular weight is 386 g/mol. The number of morpholine rings is 1. The molecule has 0 radical (unpaired) electrons. The number of rotatable bonds is 3. The predicted octanol–water partition coefficient (Wildman–Crippen LogP) is 3.16. The largest absolute Gasteiger partial charge is 0.497 e. The van der Waals surface area contributed by atoms with E-state index in [0.717, 1.165) is 0 Å². The molecule has 2 fully saturated rings. The summed E-state index contributed by atoms with van der Waals surface area (Å²) < 4.78 is 16.4. The van der Waals surface area contributed by atoms with Crippen molar-refractivity contribution in [3.8, 4) is 11.8 Å². The smallest absolute Gasteiger partial charge is 0.410 e. The van der Waals surface area contributed by atoms with Crippen LogP contribution in [0, 0.1) is 17.2 Å². The van der Waals surface area contributed by atoms with Crippen LogP contribution in [-0.4, -0.2) is 54.8 Å². The van der Waals surface area contributed by atoms with Gasteiger partial charge in [0, 0.05) is 11.5 Å². The fraction of sp³-hybridized carbons (Fsp3) is 0.571. The first-order valence-corrected chi connectivity index (χ1v) is 9.45. The Balaban J connectivity index is 1.81. The Hall–Kier alpha value is -2.59. The highest BCUT2D eigenvalue weighted by Crippen LogP contribution is 2.35. The van der Waals surface area contributed by atoms with Crippen molar-refractivity contribution in [3.05, 3.63) is 29.3 Å². The Labute approximate surface area is 165 Å². The first-order chi connectivity index (χ1) is 13.2. The zero-order chi connectivity index (χ0) is 20.5. The molecule has 0 aromatic heterocycles. The van der Waals surface area contributed by atoms with E-state index in [1.54, 1.807) is 23.1 Å². The average Bonchev–Trinajstić information content (AvgIpc) is 2.64. The Morgan fingerprint density at radius 1 is 1.21 bits per heavy atom. The number of benzene rings is 1. The van der Waals surface area contributed by atoms with Crippen LogP contribution >= 0.6 is 0 Å². The van der Waals surface area contributed by atoms with E-state index in [1.807, 2.05) is 20.8 Å². The number of amides is 1. The van der Waals surface area contributed by atoms with E-state index in [1.165, 1.54) is 7.11 Å². The zero-order valence-electron chi connectivity index (χ0n) is 16.7. The molecule has 7 nitrogen and oxygen atoms in total. The lowest BCUT2D eigenvalue weighted by atomic mass is 9.80. The number of carbonyl (C=O) groups is 2. The van der Waals surface area contributed by atoms with Gasteiger partial charge in [-0.2, -0.15) is 5.26 Å². The van der Waals surface area contributed by atoms with E-state index >= 15 is 0 Å². The van der Waals surface area contributed by atoms with Crippen LogP contribution in [0.1, 0.15) is 49.5 Å². The normalized spacial score (nSPS) is 24.2. The van der Waals surface area contributed by atoms with Gasteiger partial charge in [-0.15, -0.1) is 0 Å². The minimum absolute atomic E-state index is 0.0869. The van der Waals surface area contributed by atoms with Crippen molar-refractivity contribution in [3.63, 3.8) is 0 Å². The van der Waals surface area contributed by atoms with E-state index < -0.39 is 5.60 Å². The Kier molecular flexibility index (Phi) is 5.61. The van der Waals surface area contributed by atoms with Gasteiger partial charge in [0.1, 0.15) is 11.4 Å². The van der Waals surface area contributed by atoms with Gasteiger partial charge >= 0.3 is 6.09 Å². The predicted molar refractivity (Wildman–Crippen MR) is 101 cm³/mol. The van der Waals surface area contributed by atoms with Crippen molar-refractivity contribution in [2.45, 2.75) is 51.3 Å². The molecule has 0 aliphatic carbocycles. The summed E-state index contributed by atoms with van der Waals surface area (Å²) in [5.74, 6) is 0.171. The highest BCUT2D eigenvalue weighted by Gasteiger charge is 2.45. The van der Waals surface area contributed by atoms with E-state index in [9.17, 15) is 14.9 Å². The number of Topliss-reactive ketones (excluding diaryl/α,β-unsaturated/α-hetero) is 1. The van der Waals surface area contributed by atoms with Gasteiger partial charge in [0.15, 0.2) is 5.78 Å². The molecule has 2 aliphatic rings. The number of ketones is 1. The van der Waals surface area contributed by atoms with Gasteiger partial charge < -0.3 is 14.2 Å². The molecule has 150 valence electrons. The molecule has 28 heavy (non-hydrogen) atoms. The molecule has 3 rings (SSSR count). The molecule has 7 heteroatoms. The van der Waals surface area contributed by atoms with Crippen molar-refractivity contribution in [2.75, 3.05) is 20.3 Å². The highest BCUT2D eigenvalue weighted by molar-refractivity contribution is 6.00. The molecular weight excluding hydrogens is 360 g/mol. The van der Waals surface area contributed by atoms with Crippen LogP contribution < -0.4 is 4.74 Å². The highest BCUT2D eigenvalue weighted by atomic mass is 16.6. The second-order valence-corrected chi connectivity index (χ2v) is 8.29. The number of fused-ring (bicyclic) bond motifs is 2. The number of methoxy groups -OCH3 is 1. The maximum atomic E-state index is 13.2. The fourth-order valence-electron chi connectivity index (χ4n) is 3.91. The lowest BCUT2D eigenvalue weighted by molar-refractivity contribution is -0.0861. The van der Waals surface area contributed by atoms with Gasteiger partial charge in [-0.3, -0.25) is 9.69 Å². The summed E-state index contributed by atoms with van der Waals surface area (Å²) in [7, 11) is 1.52. The van der Waals surface area contributed by atoms with Crippen LogP contribution in [-0.2, 0) is 9.47 Å². The minimum Gasteiger partial charge on any atom is -0.497 e. The third kappa shape index (κ3) is 4.12. The van der Waals surface area contributed by atoms with Gasteiger partial charge in [0.2, 0.25) is 0 Å². The number of ether oxygens (including phenoxy) is 3. The maximum Gasteiger partial charge on any atom is 0.410 e. The van der Waals surface area contributed by atoms with Gasteiger partial charge in [-0.05, 0) is 51.8 Å². The fourth-order valence-corrected chi connectivity index (χ4v) is 3.91. The third-order valence-electron chi connectivity index (χ3n) is 5.11. The van der Waals surface area contributed by atoms with E-state index in [-0.39, 0.29) is 29.9 Å². The molecule has 1 aromatic carbocycles. The summed E-state index contributed by atoms with van der Waals surface area (Å²) >= 11 is 0. The lowest BCUT2D eigenvalue weighted by Crippen LogP contribution is -2.60. The van der Waals surface area contributed by atoms with Gasteiger partial charge in [0.05, 0.1) is 44.0 Å². The summed E-state index contributed by atoms with van der Waals surface area (Å²) in [6.07, 6.45) is 0.601. The first kappa shape index (κ1) is 20.2. The van der Waals surface area contributed by atoms with Gasteiger partial charge in [0.25, 0.3) is 0 Å². The summed E-state index contributed by atoms with van der Waals surface area (Å²) in [4.78, 5) is 27.6. The molecule has 0 saturated carbocycles. The number of nitriles is 1. The summed E-state index contributed by atoms with van der Waals surface area (Å²) in [5.41, 5.74) is 0.125. The molecule has 2 unspecified atom stereocenters. The van der Waals surface area contributed by atoms with E-state index in [4.69, 9.17) is 14.2 Å². The lowest BCUT2D eigenvalue weighted by Gasteiger charge is -2.47. The van der Waals surface area contributed by atoms with Crippen molar-refractivity contribution in [2.24, 2.45) is 5.92 Å². The molecule has 0 N–H and O–H groups in total.